The van der Waals surface area contributed by atoms with E-state index in [0.29, 0.717) is 0 Å². The molecule has 0 saturated carbocycles. The van der Waals surface area contributed by atoms with E-state index in [1.807, 2.05) is 30.3 Å². The normalized spacial score (nSPS) is 11.1. The Kier molecular flexibility index (Phi) is 12.9. The maximum Gasteiger partial charge on any atom is 0.243 e. The number of benzene rings is 1. The number of Topliss-reactive ketones (excluding diaryl/α,β-unsaturated/α-hetero) is 1. The van der Waals surface area contributed by atoms with Gasteiger partial charge in [0.05, 0.1) is 13.1 Å². The van der Waals surface area contributed by atoms with Gasteiger partial charge in [0.1, 0.15) is 6.04 Å². The fraction of sp³-hybridized carbons (Fsp3) is 0.474. The van der Waals surface area contributed by atoms with Gasteiger partial charge in [0, 0.05) is 30.9 Å². The number of likely N-dealkylation sites (N-methyl/N-ethyl adjacent to an activating group) is 1. The van der Waals surface area contributed by atoms with E-state index >= 15 is 0 Å². The minimum Gasteiger partial charge on any atom is -0.657 e. The molecular weight excluding hydrogens is 399 g/mol. The summed E-state index contributed by atoms with van der Waals surface area (Å²) in [5, 5.41) is 11.3. The number of nitrogens with zero attached hydrogens (tertiary/aromatic N) is 1. The largest absolute Gasteiger partial charge is 0.657 e. The quantitative estimate of drug-likeness (QED) is 0.468. The van der Waals surface area contributed by atoms with E-state index in [1.165, 1.54) is 7.05 Å². The molecule has 0 heterocycles. The summed E-state index contributed by atoms with van der Waals surface area (Å²) in [6, 6.07) is 8.36. The molecule has 1 unspecified atom stereocenters. The Hall–Kier alpha value is -2.16. The first-order valence-corrected chi connectivity index (χ1v) is 8.79. The van der Waals surface area contributed by atoms with Gasteiger partial charge in [0.25, 0.3) is 0 Å². The first-order chi connectivity index (χ1) is 12.8. The van der Waals surface area contributed by atoms with Crippen LogP contribution in [0.4, 0.5) is 0 Å². The number of carbonyl (C=O) groups excluding carboxylic acids is 4. The van der Waals surface area contributed by atoms with Crippen LogP contribution in [0.3, 0.4) is 0 Å². The minimum atomic E-state index is -0.854. The molecule has 1 aromatic rings. The summed E-state index contributed by atoms with van der Waals surface area (Å²) in [6.45, 7) is 3.13. The van der Waals surface area contributed by atoms with Gasteiger partial charge in [-0.15, -0.1) is 0 Å². The van der Waals surface area contributed by atoms with Crippen molar-refractivity contribution in [3.63, 3.8) is 0 Å². The number of rotatable bonds is 11. The maximum atomic E-state index is 12.5. The molecule has 28 heavy (non-hydrogen) atoms. The molecule has 0 bridgehead atoms. The summed E-state index contributed by atoms with van der Waals surface area (Å²) in [6.07, 6.45) is 0.270. The number of amides is 3. The fourth-order valence-electron chi connectivity index (χ4n) is 2.18. The Bertz CT molecular complexity index is 653. The monoisotopic (exact) mass is 426 g/mol. The zero-order chi connectivity index (χ0) is 20.2. The molecule has 0 aliphatic carbocycles. The average Bonchev–Trinajstić information content (AvgIpc) is 2.64. The number of nitrogens with one attached hydrogen (secondary N) is 3. The number of hydrogen-bond acceptors (Lipinski definition) is 4. The van der Waals surface area contributed by atoms with Gasteiger partial charge >= 0.3 is 0 Å². The van der Waals surface area contributed by atoms with E-state index in [9.17, 15) is 19.2 Å². The van der Waals surface area contributed by atoms with Crippen molar-refractivity contribution in [2.45, 2.75) is 26.3 Å². The van der Waals surface area contributed by atoms with E-state index < -0.39 is 17.9 Å². The van der Waals surface area contributed by atoms with Gasteiger partial charge in [-0.25, -0.2) is 0 Å². The number of ketones is 1. The van der Waals surface area contributed by atoms with Crippen LogP contribution in [0.5, 0.6) is 0 Å². The van der Waals surface area contributed by atoms with Crippen LogP contribution < -0.4 is 16.0 Å². The minimum absolute atomic E-state index is 0. The van der Waals surface area contributed by atoms with Crippen LogP contribution in [0.1, 0.15) is 19.4 Å². The zero-order valence-electron chi connectivity index (χ0n) is 16.4. The molecule has 3 amide bonds. The Balaban J connectivity index is 0.00000729. The van der Waals surface area contributed by atoms with Gasteiger partial charge in [-0.05, 0) is 5.56 Å². The molecule has 0 saturated heterocycles. The topological polar surface area (TPSA) is 118 Å². The van der Waals surface area contributed by atoms with Gasteiger partial charge in [-0.1, -0.05) is 50.7 Å². The standard InChI is InChI=1S/C19H27N4O4.V/c1-13(2)16(24)10-22-19(27)15(9-14-7-5-4-6-8-14)23-18(26)12-21-17(25)11-20-3;/h4-8,13,15H,9-12H2,1-3H3,(H,21,25)(H,22,27)(H,23,26);/q-1;. The van der Waals surface area contributed by atoms with E-state index in [2.05, 4.69) is 21.3 Å². The summed E-state index contributed by atoms with van der Waals surface area (Å²) in [5.41, 5.74) is 0.863. The van der Waals surface area contributed by atoms with E-state index in [0.717, 1.165) is 5.56 Å². The van der Waals surface area contributed by atoms with Crippen LogP contribution in [0.2, 0.25) is 0 Å². The van der Waals surface area contributed by atoms with Crippen LogP contribution >= 0.6 is 0 Å². The molecule has 0 fully saturated rings. The second-order valence-electron chi connectivity index (χ2n) is 6.40. The van der Waals surface area contributed by atoms with Crippen molar-refractivity contribution < 1.29 is 37.7 Å². The first-order valence-electron chi connectivity index (χ1n) is 8.79. The SMILES string of the molecule is C[N-]CC(=O)NCC(=O)NC(Cc1ccccc1)C(=O)NCC(=O)C(C)C.[V]. The molecule has 1 radical (unpaired) electrons. The van der Waals surface area contributed by atoms with E-state index in [4.69, 9.17) is 0 Å². The molecule has 9 heteroatoms. The molecular formula is C19H27N4O4V-. The van der Waals surface area contributed by atoms with Crippen LogP contribution in [0.15, 0.2) is 30.3 Å². The van der Waals surface area contributed by atoms with Gasteiger partial charge in [0.2, 0.25) is 11.8 Å². The van der Waals surface area contributed by atoms with Gasteiger partial charge < -0.3 is 21.3 Å². The molecule has 0 aliphatic rings. The Morgan fingerprint density at radius 2 is 1.61 bits per heavy atom. The van der Waals surface area contributed by atoms with Crippen LogP contribution in [0.25, 0.3) is 5.32 Å². The van der Waals surface area contributed by atoms with Crippen molar-refractivity contribution in [3.8, 4) is 0 Å². The van der Waals surface area contributed by atoms with Crippen molar-refractivity contribution >= 4 is 23.5 Å². The summed E-state index contributed by atoms with van der Waals surface area (Å²) >= 11 is 0. The van der Waals surface area contributed by atoms with Crippen LogP contribution in [-0.4, -0.2) is 56.2 Å². The molecule has 1 rings (SSSR count). The summed E-state index contributed by atoms with van der Waals surface area (Å²) < 4.78 is 0. The fourth-order valence-corrected chi connectivity index (χ4v) is 2.18. The molecule has 0 aromatic heterocycles. The van der Waals surface area contributed by atoms with Gasteiger partial charge in [-0.2, -0.15) is 7.05 Å². The van der Waals surface area contributed by atoms with Crippen molar-refractivity contribution in [2.24, 2.45) is 5.92 Å². The predicted octanol–water partition coefficient (Wildman–Crippen LogP) is 0.172. The molecule has 1 atom stereocenters. The average molecular weight is 426 g/mol. The molecule has 3 N–H and O–H groups in total. The molecule has 153 valence electrons. The van der Waals surface area contributed by atoms with Crippen molar-refractivity contribution in [1.82, 2.24) is 16.0 Å². The Morgan fingerprint density at radius 1 is 0.964 bits per heavy atom. The molecule has 0 aliphatic heterocycles. The third-order valence-electron chi connectivity index (χ3n) is 3.76. The Labute approximate surface area is 177 Å². The summed E-state index contributed by atoms with van der Waals surface area (Å²) in [5.74, 6) is -1.60. The molecule has 8 nitrogen and oxygen atoms in total. The van der Waals surface area contributed by atoms with E-state index in [-0.39, 0.29) is 62.2 Å². The van der Waals surface area contributed by atoms with Crippen LogP contribution in [-0.2, 0) is 44.2 Å². The maximum absolute atomic E-state index is 12.5. The molecule has 1 aromatic carbocycles. The summed E-state index contributed by atoms with van der Waals surface area (Å²) in [7, 11) is 1.50. The summed E-state index contributed by atoms with van der Waals surface area (Å²) in [4.78, 5) is 47.7. The van der Waals surface area contributed by atoms with Gasteiger partial charge in [0.15, 0.2) is 11.7 Å². The van der Waals surface area contributed by atoms with Crippen molar-refractivity contribution in [2.75, 3.05) is 26.7 Å². The second kappa shape index (κ2) is 13.9. The number of carbonyl (C=O) groups is 4. The third kappa shape index (κ3) is 10.2. The second-order valence-corrected chi connectivity index (χ2v) is 6.40. The van der Waals surface area contributed by atoms with Crippen LogP contribution in [0, 0.1) is 5.92 Å². The third-order valence-corrected chi connectivity index (χ3v) is 3.76. The zero-order valence-corrected chi connectivity index (χ0v) is 17.8. The van der Waals surface area contributed by atoms with Crippen molar-refractivity contribution in [1.29, 1.82) is 0 Å². The Morgan fingerprint density at radius 3 is 2.18 bits per heavy atom. The molecule has 0 spiro atoms. The first kappa shape index (κ1) is 25.8. The van der Waals surface area contributed by atoms with E-state index in [1.54, 1.807) is 13.8 Å². The number of hydrogen-bond donors (Lipinski definition) is 3. The smallest absolute Gasteiger partial charge is 0.243 e. The van der Waals surface area contributed by atoms with Gasteiger partial charge in [-0.3, -0.25) is 19.2 Å². The van der Waals surface area contributed by atoms with Crippen molar-refractivity contribution in [3.05, 3.63) is 41.2 Å². The predicted molar refractivity (Wildman–Crippen MR) is 102 cm³/mol.